The van der Waals surface area contributed by atoms with E-state index in [1.807, 2.05) is 24.3 Å². The van der Waals surface area contributed by atoms with Crippen molar-refractivity contribution in [2.45, 2.75) is 0 Å². The molecular formula is C10H10BrNO2. The lowest BCUT2D eigenvalue weighted by Gasteiger charge is -2.27. The van der Waals surface area contributed by atoms with Gasteiger partial charge in [-0.15, -0.1) is 0 Å². The molecule has 0 saturated carbocycles. The van der Waals surface area contributed by atoms with Gasteiger partial charge >= 0.3 is 0 Å². The number of nitrogens with zero attached hydrogens (tertiary/aromatic N) is 1. The maximum atomic E-state index is 11.5. The minimum absolute atomic E-state index is 0.0168. The lowest BCUT2D eigenvalue weighted by atomic mass is 10.2. The third kappa shape index (κ3) is 1.81. The van der Waals surface area contributed by atoms with Crippen molar-refractivity contribution >= 4 is 27.5 Å². The molecule has 0 aliphatic carbocycles. The predicted octanol–water partition coefficient (Wildman–Crippen LogP) is 1.81. The third-order valence-corrected chi connectivity index (χ3v) is 2.80. The molecule has 1 aliphatic rings. The van der Waals surface area contributed by atoms with E-state index in [0.29, 0.717) is 13.2 Å². The van der Waals surface area contributed by atoms with Gasteiger partial charge in [0.15, 0.2) is 0 Å². The van der Waals surface area contributed by atoms with Crippen molar-refractivity contribution in [1.29, 1.82) is 0 Å². The molecule has 0 atom stereocenters. The third-order valence-electron chi connectivity index (χ3n) is 2.13. The topological polar surface area (TPSA) is 29.5 Å². The molecule has 1 aromatic rings. The zero-order valence-corrected chi connectivity index (χ0v) is 9.16. The van der Waals surface area contributed by atoms with E-state index in [-0.39, 0.29) is 12.5 Å². The Labute approximate surface area is 90.8 Å². The zero-order chi connectivity index (χ0) is 9.97. The van der Waals surface area contributed by atoms with Gasteiger partial charge in [0.25, 0.3) is 5.91 Å². The summed E-state index contributed by atoms with van der Waals surface area (Å²) < 4.78 is 6.01. The second-order valence-corrected chi connectivity index (χ2v) is 3.90. The van der Waals surface area contributed by atoms with E-state index in [1.165, 1.54) is 0 Å². The molecule has 0 spiro atoms. The normalized spacial score (nSPS) is 17.2. The lowest BCUT2D eigenvalue weighted by molar-refractivity contribution is -0.125. The molecule has 4 heteroatoms. The smallest absolute Gasteiger partial charge is 0.253 e. The number of carbonyl (C=O) groups is 1. The van der Waals surface area contributed by atoms with Crippen LogP contribution in [0.25, 0.3) is 0 Å². The summed E-state index contributed by atoms with van der Waals surface area (Å²) in [5.41, 5.74) is 0.917. The fourth-order valence-electron chi connectivity index (χ4n) is 1.44. The van der Waals surface area contributed by atoms with Crippen molar-refractivity contribution in [2.24, 2.45) is 0 Å². The maximum Gasteiger partial charge on any atom is 0.253 e. The van der Waals surface area contributed by atoms with Crippen molar-refractivity contribution in [3.05, 3.63) is 28.7 Å². The van der Waals surface area contributed by atoms with Crippen LogP contribution in [0, 0.1) is 0 Å². The second-order valence-electron chi connectivity index (χ2n) is 3.05. The average Bonchev–Trinajstić information content (AvgIpc) is 2.20. The molecule has 0 N–H and O–H groups in total. The van der Waals surface area contributed by atoms with Crippen LogP contribution in [-0.2, 0) is 9.53 Å². The Morgan fingerprint density at radius 3 is 2.86 bits per heavy atom. The molecule has 0 unspecified atom stereocenters. The van der Waals surface area contributed by atoms with Gasteiger partial charge in [-0.25, -0.2) is 0 Å². The molecule has 0 bridgehead atoms. The van der Waals surface area contributed by atoms with Gasteiger partial charge in [-0.1, -0.05) is 12.1 Å². The monoisotopic (exact) mass is 255 g/mol. The van der Waals surface area contributed by atoms with E-state index in [0.717, 1.165) is 10.2 Å². The van der Waals surface area contributed by atoms with E-state index >= 15 is 0 Å². The Balaban J connectivity index is 2.29. The first-order valence-corrected chi connectivity index (χ1v) is 5.21. The molecule has 1 aliphatic heterocycles. The molecule has 0 aromatic heterocycles. The molecule has 1 aromatic carbocycles. The molecular weight excluding hydrogens is 246 g/mol. The molecule has 2 rings (SSSR count). The van der Waals surface area contributed by atoms with E-state index < -0.39 is 0 Å². The molecule has 1 heterocycles. The van der Waals surface area contributed by atoms with Crippen molar-refractivity contribution in [3.8, 4) is 0 Å². The number of para-hydroxylation sites is 1. The number of carbonyl (C=O) groups excluding carboxylic acids is 1. The summed E-state index contributed by atoms with van der Waals surface area (Å²) in [5, 5.41) is 0. The van der Waals surface area contributed by atoms with Gasteiger partial charge < -0.3 is 9.64 Å². The number of benzene rings is 1. The van der Waals surface area contributed by atoms with Gasteiger partial charge in [-0.3, -0.25) is 4.79 Å². The highest BCUT2D eigenvalue weighted by molar-refractivity contribution is 9.10. The zero-order valence-electron chi connectivity index (χ0n) is 7.57. The van der Waals surface area contributed by atoms with E-state index in [2.05, 4.69) is 15.9 Å². The lowest BCUT2D eigenvalue weighted by Crippen LogP contribution is -2.41. The number of amides is 1. The summed E-state index contributed by atoms with van der Waals surface area (Å²) in [6, 6.07) is 7.70. The highest BCUT2D eigenvalue weighted by Crippen LogP contribution is 2.26. The number of rotatable bonds is 1. The van der Waals surface area contributed by atoms with E-state index in [4.69, 9.17) is 4.74 Å². The van der Waals surface area contributed by atoms with Crippen LogP contribution in [0.15, 0.2) is 28.7 Å². The molecule has 1 fully saturated rings. The summed E-state index contributed by atoms with van der Waals surface area (Å²) in [6.45, 7) is 1.41. The summed E-state index contributed by atoms with van der Waals surface area (Å²) >= 11 is 3.42. The van der Waals surface area contributed by atoms with Gasteiger partial charge in [0, 0.05) is 11.0 Å². The quantitative estimate of drug-likeness (QED) is 0.766. The summed E-state index contributed by atoms with van der Waals surface area (Å²) in [5.74, 6) is 0.0168. The molecule has 3 nitrogen and oxygen atoms in total. The number of morpholine rings is 1. The van der Waals surface area contributed by atoms with Crippen LogP contribution in [0.3, 0.4) is 0 Å². The van der Waals surface area contributed by atoms with Gasteiger partial charge in [0.1, 0.15) is 6.61 Å². The van der Waals surface area contributed by atoms with Crippen molar-refractivity contribution in [3.63, 3.8) is 0 Å². The van der Waals surface area contributed by atoms with Crippen LogP contribution in [-0.4, -0.2) is 25.7 Å². The highest BCUT2D eigenvalue weighted by Gasteiger charge is 2.21. The fourth-order valence-corrected chi connectivity index (χ4v) is 1.94. The van der Waals surface area contributed by atoms with E-state index in [1.54, 1.807) is 4.90 Å². The Morgan fingerprint density at radius 2 is 2.14 bits per heavy atom. The Morgan fingerprint density at radius 1 is 1.36 bits per heavy atom. The Hall–Kier alpha value is -0.870. The molecule has 1 amide bonds. The highest BCUT2D eigenvalue weighted by atomic mass is 79.9. The summed E-state index contributed by atoms with van der Waals surface area (Å²) in [4.78, 5) is 13.3. The van der Waals surface area contributed by atoms with Crippen LogP contribution in [0.4, 0.5) is 5.69 Å². The van der Waals surface area contributed by atoms with Gasteiger partial charge in [0.05, 0.1) is 12.3 Å². The summed E-state index contributed by atoms with van der Waals surface area (Å²) in [7, 11) is 0. The molecule has 0 radical (unpaired) electrons. The standard InChI is InChI=1S/C10H10BrNO2/c11-8-3-1-2-4-9(8)12-5-6-14-7-10(12)13/h1-4H,5-7H2. The Kier molecular flexibility index (Phi) is 2.84. The van der Waals surface area contributed by atoms with Gasteiger partial charge in [-0.05, 0) is 28.1 Å². The number of anilines is 1. The number of hydrogen-bond acceptors (Lipinski definition) is 2. The van der Waals surface area contributed by atoms with E-state index in [9.17, 15) is 4.79 Å². The SMILES string of the molecule is O=C1COCCN1c1ccccc1Br. The molecule has 14 heavy (non-hydrogen) atoms. The van der Waals surface area contributed by atoms with Crippen LogP contribution in [0.2, 0.25) is 0 Å². The predicted molar refractivity (Wildman–Crippen MR) is 57.3 cm³/mol. The van der Waals surface area contributed by atoms with Crippen molar-refractivity contribution < 1.29 is 9.53 Å². The molecule has 74 valence electrons. The van der Waals surface area contributed by atoms with Crippen LogP contribution in [0.1, 0.15) is 0 Å². The van der Waals surface area contributed by atoms with Gasteiger partial charge in [0.2, 0.25) is 0 Å². The molecule has 1 saturated heterocycles. The number of hydrogen-bond donors (Lipinski definition) is 0. The summed E-state index contributed by atoms with van der Waals surface area (Å²) in [6.07, 6.45) is 0. The van der Waals surface area contributed by atoms with Crippen LogP contribution in [0.5, 0.6) is 0 Å². The number of ether oxygens (including phenoxy) is 1. The van der Waals surface area contributed by atoms with Crippen LogP contribution >= 0.6 is 15.9 Å². The van der Waals surface area contributed by atoms with Gasteiger partial charge in [-0.2, -0.15) is 0 Å². The first kappa shape index (κ1) is 9.68. The van der Waals surface area contributed by atoms with Crippen molar-refractivity contribution in [2.75, 3.05) is 24.7 Å². The largest absolute Gasteiger partial charge is 0.370 e. The first-order chi connectivity index (χ1) is 6.79. The fraction of sp³-hybridized carbons (Fsp3) is 0.300. The Bertz CT molecular complexity index is 354. The minimum atomic E-state index is 0.0168. The maximum absolute atomic E-state index is 11.5. The second kappa shape index (κ2) is 4.11. The minimum Gasteiger partial charge on any atom is -0.370 e. The van der Waals surface area contributed by atoms with Crippen molar-refractivity contribution in [1.82, 2.24) is 0 Å². The number of halogens is 1. The average molecular weight is 256 g/mol. The van der Waals surface area contributed by atoms with Crippen LogP contribution < -0.4 is 4.90 Å². The first-order valence-electron chi connectivity index (χ1n) is 4.41.